The smallest absolute Gasteiger partial charge is 0.225 e. The first-order chi connectivity index (χ1) is 5.75. The molecule has 0 heterocycles. The molecule has 4 nitrogen and oxygen atoms in total. The van der Waals surface area contributed by atoms with Crippen molar-refractivity contribution in [3.63, 3.8) is 0 Å². The first-order valence-electron chi connectivity index (χ1n) is 4.49. The van der Waals surface area contributed by atoms with Crippen LogP contribution in [-0.4, -0.2) is 18.6 Å². The molecule has 12 heavy (non-hydrogen) atoms. The van der Waals surface area contributed by atoms with E-state index >= 15 is 0 Å². The van der Waals surface area contributed by atoms with Crippen molar-refractivity contribution in [2.45, 2.75) is 31.7 Å². The molecule has 5 N–H and O–H groups in total. The minimum absolute atomic E-state index is 0.0118. The number of rotatable bonds is 2. The molecule has 1 aliphatic rings. The minimum atomic E-state index is -0.0118. The lowest BCUT2D eigenvalue weighted by atomic mass is 9.84. The highest BCUT2D eigenvalue weighted by molar-refractivity contribution is 5.79. The van der Waals surface area contributed by atoms with Crippen molar-refractivity contribution in [2.75, 3.05) is 6.67 Å². The summed E-state index contributed by atoms with van der Waals surface area (Å²) < 4.78 is 0. The number of amides is 1. The maximum atomic E-state index is 11.3. The number of nitrogens with one attached hydrogen (secondary N) is 1. The standard InChI is InChI=1S/C8H17N3O/c9-5-11-8(12)6-3-1-2-4-7(6)10/h6-7H,1-5,9-10H2,(H,11,12)/t6-,7+/m1/s1. The molecule has 0 radical (unpaired) electrons. The zero-order valence-corrected chi connectivity index (χ0v) is 7.25. The Balaban J connectivity index is 2.42. The highest BCUT2D eigenvalue weighted by atomic mass is 16.1. The Morgan fingerprint density at radius 1 is 1.42 bits per heavy atom. The van der Waals surface area contributed by atoms with Gasteiger partial charge in [0.2, 0.25) is 5.91 Å². The van der Waals surface area contributed by atoms with Crippen LogP contribution in [0.3, 0.4) is 0 Å². The summed E-state index contributed by atoms with van der Waals surface area (Å²) in [5.74, 6) is 0.00648. The molecule has 0 spiro atoms. The van der Waals surface area contributed by atoms with E-state index in [4.69, 9.17) is 11.5 Å². The van der Waals surface area contributed by atoms with E-state index < -0.39 is 0 Å². The second-order valence-electron chi connectivity index (χ2n) is 3.30. The van der Waals surface area contributed by atoms with Crippen LogP contribution in [0.25, 0.3) is 0 Å². The lowest BCUT2D eigenvalue weighted by molar-refractivity contribution is -0.126. The summed E-state index contributed by atoms with van der Waals surface area (Å²) in [7, 11) is 0. The van der Waals surface area contributed by atoms with Crippen molar-refractivity contribution < 1.29 is 4.79 Å². The van der Waals surface area contributed by atoms with Crippen molar-refractivity contribution in [3.8, 4) is 0 Å². The van der Waals surface area contributed by atoms with Gasteiger partial charge in [0.25, 0.3) is 0 Å². The second-order valence-corrected chi connectivity index (χ2v) is 3.30. The summed E-state index contributed by atoms with van der Waals surface area (Å²) >= 11 is 0. The molecule has 0 aromatic heterocycles. The Bertz CT molecular complexity index is 160. The van der Waals surface area contributed by atoms with Crippen LogP contribution in [0.2, 0.25) is 0 Å². The van der Waals surface area contributed by atoms with Gasteiger partial charge in [0.05, 0.1) is 12.6 Å². The first kappa shape index (κ1) is 9.48. The number of carbonyl (C=O) groups is 1. The molecule has 1 rings (SSSR count). The highest BCUT2D eigenvalue weighted by Crippen LogP contribution is 2.22. The fourth-order valence-corrected chi connectivity index (χ4v) is 1.72. The summed E-state index contributed by atoms with van der Waals surface area (Å²) in [5, 5.41) is 2.60. The molecule has 1 fully saturated rings. The molecule has 1 saturated carbocycles. The average Bonchev–Trinajstić information content (AvgIpc) is 2.05. The topological polar surface area (TPSA) is 81.1 Å². The van der Waals surface area contributed by atoms with Gasteiger partial charge in [0, 0.05) is 6.04 Å². The Morgan fingerprint density at radius 2 is 2.08 bits per heavy atom. The van der Waals surface area contributed by atoms with Crippen LogP contribution in [0.1, 0.15) is 25.7 Å². The molecule has 1 aliphatic carbocycles. The summed E-state index contributed by atoms with van der Waals surface area (Å²) in [5.41, 5.74) is 11.0. The third kappa shape index (κ3) is 2.19. The van der Waals surface area contributed by atoms with Crippen molar-refractivity contribution in [1.29, 1.82) is 0 Å². The third-order valence-corrected chi connectivity index (χ3v) is 2.43. The number of carbonyl (C=O) groups excluding carboxylic acids is 1. The number of hydrogen-bond donors (Lipinski definition) is 3. The summed E-state index contributed by atoms with van der Waals surface area (Å²) in [6.07, 6.45) is 4.12. The van der Waals surface area contributed by atoms with Crippen LogP contribution in [0.15, 0.2) is 0 Å². The Kier molecular flexibility index (Phi) is 3.49. The van der Waals surface area contributed by atoms with Gasteiger partial charge in [-0.15, -0.1) is 0 Å². The third-order valence-electron chi connectivity index (χ3n) is 2.43. The molecule has 0 unspecified atom stereocenters. The lowest BCUT2D eigenvalue weighted by Gasteiger charge is -2.27. The average molecular weight is 171 g/mol. The van der Waals surface area contributed by atoms with Crippen LogP contribution >= 0.6 is 0 Å². The monoisotopic (exact) mass is 171 g/mol. The van der Waals surface area contributed by atoms with Crippen LogP contribution in [-0.2, 0) is 4.79 Å². The molecule has 2 atom stereocenters. The van der Waals surface area contributed by atoms with E-state index in [1.165, 1.54) is 0 Å². The van der Waals surface area contributed by atoms with Gasteiger partial charge in [-0.25, -0.2) is 0 Å². The van der Waals surface area contributed by atoms with Crippen molar-refractivity contribution in [2.24, 2.45) is 17.4 Å². The van der Waals surface area contributed by atoms with Gasteiger partial charge >= 0.3 is 0 Å². The molecule has 0 aromatic rings. The summed E-state index contributed by atoms with van der Waals surface area (Å²) in [6, 6.07) is 0.0327. The maximum absolute atomic E-state index is 11.3. The summed E-state index contributed by atoms with van der Waals surface area (Å²) in [6.45, 7) is 0.210. The Morgan fingerprint density at radius 3 is 2.67 bits per heavy atom. The van der Waals surface area contributed by atoms with Gasteiger partial charge in [-0.1, -0.05) is 12.8 Å². The van der Waals surface area contributed by atoms with E-state index in [1.807, 2.05) is 0 Å². The molecule has 0 saturated heterocycles. The number of nitrogens with two attached hydrogens (primary N) is 2. The molecular weight excluding hydrogens is 154 g/mol. The fourth-order valence-electron chi connectivity index (χ4n) is 1.72. The fraction of sp³-hybridized carbons (Fsp3) is 0.875. The van der Waals surface area contributed by atoms with E-state index in [0.29, 0.717) is 0 Å². The molecule has 4 heteroatoms. The van der Waals surface area contributed by atoms with E-state index in [0.717, 1.165) is 25.7 Å². The highest BCUT2D eigenvalue weighted by Gasteiger charge is 2.27. The van der Waals surface area contributed by atoms with Crippen molar-refractivity contribution in [1.82, 2.24) is 5.32 Å². The quantitative estimate of drug-likeness (QED) is 0.492. The predicted molar refractivity (Wildman–Crippen MR) is 47.1 cm³/mol. The molecule has 1 amide bonds. The van der Waals surface area contributed by atoms with Gasteiger partial charge in [-0.3, -0.25) is 4.79 Å². The van der Waals surface area contributed by atoms with E-state index in [1.54, 1.807) is 0 Å². The normalized spacial score (nSPS) is 29.8. The van der Waals surface area contributed by atoms with Crippen molar-refractivity contribution in [3.05, 3.63) is 0 Å². The minimum Gasteiger partial charge on any atom is -0.343 e. The van der Waals surface area contributed by atoms with Crippen LogP contribution in [0.4, 0.5) is 0 Å². The lowest BCUT2D eigenvalue weighted by Crippen LogP contribution is -2.45. The van der Waals surface area contributed by atoms with Crippen LogP contribution in [0.5, 0.6) is 0 Å². The van der Waals surface area contributed by atoms with Crippen LogP contribution < -0.4 is 16.8 Å². The van der Waals surface area contributed by atoms with Crippen LogP contribution in [0, 0.1) is 5.92 Å². The molecule has 0 bridgehead atoms. The summed E-state index contributed by atoms with van der Waals surface area (Å²) in [4.78, 5) is 11.3. The zero-order valence-electron chi connectivity index (χ0n) is 7.25. The maximum Gasteiger partial charge on any atom is 0.225 e. The Labute approximate surface area is 72.7 Å². The largest absolute Gasteiger partial charge is 0.343 e. The molecular formula is C8H17N3O. The molecule has 0 aromatic carbocycles. The Hall–Kier alpha value is -0.610. The predicted octanol–water partition coefficient (Wildman–Crippen LogP) is -0.464. The van der Waals surface area contributed by atoms with Gasteiger partial charge in [-0.2, -0.15) is 0 Å². The molecule has 0 aliphatic heterocycles. The van der Waals surface area contributed by atoms with Gasteiger partial charge < -0.3 is 16.8 Å². The second kappa shape index (κ2) is 4.42. The first-order valence-corrected chi connectivity index (χ1v) is 4.49. The molecule has 70 valence electrons. The van der Waals surface area contributed by atoms with Gasteiger partial charge in [0.15, 0.2) is 0 Å². The van der Waals surface area contributed by atoms with E-state index in [2.05, 4.69) is 5.32 Å². The van der Waals surface area contributed by atoms with Gasteiger partial charge in [0.1, 0.15) is 0 Å². The SMILES string of the molecule is NCNC(=O)[C@@H]1CCCC[C@@H]1N. The van der Waals surface area contributed by atoms with Crippen molar-refractivity contribution >= 4 is 5.91 Å². The van der Waals surface area contributed by atoms with E-state index in [-0.39, 0.29) is 24.5 Å². The van der Waals surface area contributed by atoms with Gasteiger partial charge in [-0.05, 0) is 12.8 Å². The number of hydrogen-bond acceptors (Lipinski definition) is 3. The van der Waals surface area contributed by atoms with E-state index in [9.17, 15) is 4.79 Å². The zero-order chi connectivity index (χ0) is 8.97.